The summed E-state index contributed by atoms with van der Waals surface area (Å²) >= 11 is 3.55. The first-order valence-electron chi connectivity index (χ1n) is 8.88. The van der Waals surface area contributed by atoms with Gasteiger partial charge in [-0.2, -0.15) is 0 Å². The molecule has 1 atom stereocenters. The molecule has 1 aliphatic rings. The van der Waals surface area contributed by atoms with Crippen molar-refractivity contribution in [1.82, 2.24) is 4.90 Å². The Balaban J connectivity index is 1.54. The van der Waals surface area contributed by atoms with Crippen LogP contribution in [-0.2, 0) is 12.8 Å². The summed E-state index contributed by atoms with van der Waals surface area (Å²) in [7, 11) is 2.23. The summed E-state index contributed by atoms with van der Waals surface area (Å²) in [5.74, 6) is 1.05. The maximum absolute atomic E-state index is 6.12. The van der Waals surface area contributed by atoms with Gasteiger partial charge in [-0.25, -0.2) is 0 Å². The van der Waals surface area contributed by atoms with Gasteiger partial charge in [-0.15, -0.1) is 0 Å². The molecule has 2 aromatic carbocycles. The van der Waals surface area contributed by atoms with E-state index < -0.39 is 0 Å². The summed E-state index contributed by atoms with van der Waals surface area (Å²) in [4.78, 5) is 2.46. The normalized spacial score (nSPS) is 18.0. The highest BCUT2D eigenvalue weighted by Gasteiger charge is 2.20. The van der Waals surface area contributed by atoms with Gasteiger partial charge in [0.1, 0.15) is 5.75 Å². The molecule has 1 heterocycles. The van der Waals surface area contributed by atoms with Gasteiger partial charge in [0.05, 0.1) is 6.61 Å². The minimum atomic E-state index is 0.693. The number of ether oxygens (including phenoxy) is 1. The lowest BCUT2D eigenvalue weighted by molar-refractivity contribution is 0.232. The number of benzene rings is 2. The molecular formula is C21H26BrNO. The highest BCUT2D eigenvalue weighted by Crippen LogP contribution is 2.23. The molecule has 0 saturated carbocycles. The lowest BCUT2D eigenvalue weighted by Gasteiger charge is -2.20. The summed E-state index contributed by atoms with van der Waals surface area (Å²) in [6, 6.07) is 17.7. The summed E-state index contributed by atoms with van der Waals surface area (Å²) in [6.45, 7) is 2.04. The molecule has 3 heteroatoms. The SMILES string of the molecule is CN1CCCC1CCOc1ccccc1CCc1cccc(Br)c1. The zero-order valence-electron chi connectivity index (χ0n) is 14.4. The molecule has 3 rings (SSSR count). The third-order valence-electron chi connectivity index (χ3n) is 4.92. The summed E-state index contributed by atoms with van der Waals surface area (Å²) in [6.07, 6.45) is 5.80. The van der Waals surface area contributed by atoms with Crippen LogP contribution in [0, 0.1) is 0 Å². The molecule has 0 N–H and O–H groups in total. The molecule has 1 fully saturated rings. The second-order valence-electron chi connectivity index (χ2n) is 6.65. The highest BCUT2D eigenvalue weighted by atomic mass is 79.9. The average molecular weight is 388 g/mol. The quantitative estimate of drug-likeness (QED) is 0.655. The van der Waals surface area contributed by atoms with Crippen molar-refractivity contribution in [2.24, 2.45) is 0 Å². The van der Waals surface area contributed by atoms with Crippen molar-refractivity contribution in [3.8, 4) is 5.75 Å². The summed E-state index contributed by atoms with van der Waals surface area (Å²) in [5.41, 5.74) is 2.66. The Hall–Kier alpha value is -1.32. The molecule has 0 spiro atoms. The van der Waals surface area contributed by atoms with Crippen LogP contribution in [0.1, 0.15) is 30.4 Å². The molecule has 1 unspecified atom stereocenters. The molecule has 1 saturated heterocycles. The Morgan fingerprint density at radius 1 is 1.12 bits per heavy atom. The van der Waals surface area contributed by atoms with Gasteiger partial charge in [0.25, 0.3) is 0 Å². The number of rotatable bonds is 7. The van der Waals surface area contributed by atoms with Crippen molar-refractivity contribution in [2.75, 3.05) is 20.2 Å². The molecule has 1 aliphatic heterocycles. The minimum absolute atomic E-state index is 0.693. The van der Waals surface area contributed by atoms with Crippen LogP contribution in [-0.4, -0.2) is 31.1 Å². The predicted molar refractivity (Wildman–Crippen MR) is 104 cm³/mol. The Bertz CT molecular complexity index is 658. The van der Waals surface area contributed by atoms with Gasteiger partial charge in [-0.05, 0) is 75.0 Å². The van der Waals surface area contributed by atoms with E-state index in [-0.39, 0.29) is 0 Å². The Labute approximate surface area is 154 Å². The van der Waals surface area contributed by atoms with Crippen molar-refractivity contribution in [3.05, 3.63) is 64.1 Å². The van der Waals surface area contributed by atoms with E-state index in [4.69, 9.17) is 4.74 Å². The third-order valence-corrected chi connectivity index (χ3v) is 5.42. The second-order valence-corrected chi connectivity index (χ2v) is 7.57. The van der Waals surface area contributed by atoms with Gasteiger partial charge in [0.15, 0.2) is 0 Å². The number of hydrogen-bond acceptors (Lipinski definition) is 2. The standard InChI is InChI=1S/C21H26BrNO/c1-23-14-5-9-20(23)13-15-24-21-10-3-2-7-18(21)12-11-17-6-4-8-19(22)16-17/h2-4,6-8,10,16,20H,5,9,11-15H2,1H3. The lowest BCUT2D eigenvalue weighted by Crippen LogP contribution is -2.26. The molecule has 0 radical (unpaired) electrons. The van der Waals surface area contributed by atoms with Crippen molar-refractivity contribution in [3.63, 3.8) is 0 Å². The van der Waals surface area contributed by atoms with Crippen LogP contribution >= 0.6 is 15.9 Å². The largest absolute Gasteiger partial charge is 0.493 e. The highest BCUT2D eigenvalue weighted by molar-refractivity contribution is 9.10. The number of nitrogens with zero attached hydrogens (tertiary/aromatic N) is 1. The molecular weight excluding hydrogens is 362 g/mol. The topological polar surface area (TPSA) is 12.5 Å². The fourth-order valence-electron chi connectivity index (χ4n) is 3.47. The molecule has 0 amide bonds. The Morgan fingerprint density at radius 2 is 2.00 bits per heavy atom. The van der Waals surface area contributed by atoms with Crippen LogP contribution in [0.4, 0.5) is 0 Å². The van der Waals surface area contributed by atoms with Gasteiger partial charge in [0, 0.05) is 10.5 Å². The zero-order valence-corrected chi connectivity index (χ0v) is 16.0. The average Bonchev–Trinajstić information content (AvgIpc) is 2.99. The van der Waals surface area contributed by atoms with Gasteiger partial charge < -0.3 is 9.64 Å². The Morgan fingerprint density at radius 3 is 2.79 bits per heavy atom. The number of para-hydroxylation sites is 1. The molecule has 128 valence electrons. The molecule has 0 aliphatic carbocycles. The van der Waals surface area contributed by atoms with Gasteiger partial charge >= 0.3 is 0 Å². The van der Waals surface area contributed by atoms with E-state index in [1.54, 1.807) is 0 Å². The summed E-state index contributed by atoms with van der Waals surface area (Å²) in [5, 5.41) is 0. The van der Waals surface area contributed by atoms with Gasteiger partial charge in [-0.3, -0.25) is 0 Å². The first kappa shape index (κ1) is 17.5. The van der Waals surface area contributed by atoms with Crippen LogP contribution in [0.3, 0.4) is 0 Å². The van der Waals surface area contributed by atoms with Gasteiger partial charge in [0.2, 0.25) is 0 Å². The van der Waals surface area contributed by atoms with Gasteiger partial charge in [-0.1, -0.05) is 46.3 Å². The number of halogens is 1. The van der Waals surface area contributed by atoms with E-state index in [0.29, 0.717) is 6.04 Å². The molecule has 2 nitrogen and oxygen atoms in total. The molecule has 0 aromatic heterocycles. The van der Waals surface area contributed by atoms with Crippen LogP contribution in [0.2, 0.25) is 0 Å². The fourth-order valence-corrected chi connectivity index (χ4v) is 3.92. The second kappa shape index (κ2) is 8.68. The van der Waals surface area contributed by atoms with E-state index >= 15 is 0 Å². The van der Waals surface area contributed by atoms with E-state index in [2.05, 4.69) is 76.4 Å². The van der Waals surface area contributed by atoms with E-state index in [1.807, 2.05) is 0 Å². The molecule has 24 heavy (non-hydrogen) atoms. The van der Waals surface area contributed by atoms with Crippen LogP contribution in [0.5, 0.6) is 5.75 Å². The Kier molecular flexibility index (Phi) is 6.33. The van der Waals surface area contributed by atoms with Crippen LogP contribution in [0.25, 0.3) is 0 Å². The van der Waals surface area contributed by atoms with Crippen molar-refractivity contribution in [2.45, 2.75) is 38.1 Å². The zero-order chi connectivity index (χ0) is 16.8. The number of aryl methyl sites for hydroxylation is 2. The predicted octanol–water partition coefficient (Wildman–Crippen LogP) is 5.10. The van der Waals surface area contributed by atoms with E-state index in [9.17, 15) is 0 Å². The molecule has 0 bridgehead atoms. The van der Waals surface area contributed by atoms with Crippen LogP contribution < -0.4 is 4.74 Å². The fraction of sp³-hybridized carbons (Fsp3) is 0.429. The molecule has 2 aromatic rings. The van der Waals surface area contributed by atoms with E-state index in [1.165, 1.54) is 30.5 Å². The maximum atomic E-state index is 6.12. The third kappa shape index (κ3) is 4.84. The number of hydrogen-bond donors (Lipinski definition) is 0. The monoisotopic (exact) mass is 387 g/mol. The maximum Gasteiger partial charge on any atom is 0.122 e. The minimum Gasteiger partial charge on any atom is -0.493 e. The first-order valence-corrected chi connectivity index (χ1v) is 9.67. The number of likely N-dealkylation sites (tertiary alicyclic amines) is 1. The van der Waals surface area contributed by atoms with Crippen molar-refractivity contribution in [1.29, 1.82) is 0 Å². The summed E-state index contributed by atoms with van der Waals surface area (Å²) < 4.78 is 7.27. The lowest BCUT2D eigenvalue weighted by atomic mass is 10.0. The smallest absolute Gasteiger partial charge is 0.122 e. The van der Waals surface area contributed by atoms with Crippen molar-refractivity contribution >= 4 is 15.9 Å². The first-order chi connectivity index (χ1) is 11.7. The van der Waals surface area contributed by atoms with Crippen molar-refractivity contribution < 1.29 is 4.74 Å². The van der Waals surface area contributed by atoms with E-state index in [0.717, 1.165) is 36.1 Å². The van der Waals surface area contributed by atoms with Crippen LogP contribution in [0.15, 0.2) is 53.0 Å².